The summed E-state index contributed by atoms with van der Waals surface area (Å²) < 4.78 is 14.2. The molecule has 23 heavy (non-hydrogen) atoms. The molecule has 0 aliphatic carbocycles. The van der Waals surface area contributed by atoms with E-state index in [0.717, 1.165) is 17.4 Å². The predicted octanol–water partition coefficient (Wildman–Crippen LogP) is 2.70. The molecule has 0 spiro atoms. The highest BCUT2D eigenvalue weighted by Gasteiger charge is 2.13. The molecule has 0 saturated heterocycles. The van der Waals surface area contributed by atoms with Gasteiger partial charge in [-0.25, -0.2) is 4.21 Å². The lowest BCUT2D eigenvalue weighted by molar-refractivity contribution is -0.109. The van der Waals surface area contributed by atoms with E-state index in [2.05, 4.69) is 4.98 Å². The first-order valence-corrected chi connectivity index (χ1v) is 8.90. The molecule has 2 rings (SSSR count). The lowest BCUT2D eigenvalue weighted by Gasteiger charge is -2.17. The highest BCUT2D eigenvalue weighted by molar-refractivity contribution is 8.14. The van der Waals surface area contributed by atoms with E-state index in [-0.39, 0.29) is 16.7 Å². The molecule has 0 radical (unpaired) electrons. The van der Waals surface area contributed by atoms with Gasteiger partial charge in [-0.15, -0.1) is 0 Å². The maximum Gasteiger partial charge on any atom is 0.186 e. The molecule has 0 aliphatic heterocycles. The third-order valence-corrected chi connectivity index (χ3v) is 5.26. The lowest BCUT2D eigenvalue weighted by Crippen LogP contribution is -2.20. The third kappa shape index (κ3) is 4.74. The molecular formula is C16H16N2O3S2. The summed E-state index contributed by atoms with van der Waals surface area (Å²) in [7, 11) is 0.353. The van der Waals surface area contributed by atoms with Crippen LogP contribution in [0.1, 0.15) is 17.3 Å². The second-order valence-electron chi connectivity index (χ2n) is 4.68. The van der Waals surface area contributed by atoms with E-state index in [0.29, 0.717) is 10.5 Å². The number of thioether (sulfide) groups is 1. The Balaban J connectivity index is 2.08. The molecule has 1 aromatic carbocycles. The van der Waals surface area contributed by atoms with Crippen LogP contribution < -0.4 is 4.31 Å². The van der Waals surface area contributed by atoms with E-state index < -0.39 is 11.0 Å². The van der Waals surface area contributed by atoms with E-state index in [1.165, 1.54) is 6.92 Å². The average molecular weight is 348 g/mol. The summed E-state index contributed by atoms with van der Waals surface area (Å²) in [5, 5.41) is -0.0879. The SMILES string of the molecule is CC(=O)SCC(=O)c1ccc(S(=O)N(C)c2ccncc2)cc1. The van der Waals surface area contributed by atoms with Crippen LogP contribution in [0.2, 0.25) is 0 Å². The van der Waals surface area contributed by atoms with Gasteiger partial charge in [-0.2, -0.15) is 0 Å². The first-order valence-electron chi connectivity index (χ1n) is 6.81. The van der Waals surface area contributed by atoms with Crippen LogP contribution >= 0.6 is 11.8 Å². The standard InChI is InChI=1S/C16H16N2O3S2/c1-12(19)22-11-16(20)13-3-5-15(6-4-13)23(21)18(2)14-7-9-17-10-8-14/h3-10H,11H2,1-2H3. The van der Waals surface area contributed by atoms with Gasteiger partial charge in [-0.05, 0) is 24.3 Å². The van der Waals surface area contributed by atoms with Gasteiger partial charge in [-0.3, -0.25) is 18.9 Å². The zero-order chi connectivity index (χ0) is 16.8. The van der Waals surface area contributed by atoms with Gasteiger partial charge in [0.15, 0.2) is 21.9 Å². The fourth-order valence-corrected chi connectivity index (χ4v) is 3.31. The minimum absolute atomic E-state index is 0.0879. The van der Waals surface area contributed by atoms with Crippen molar-refractivity contribution in [2.45, 2.75) is 11.8 Å². The summed E-state index contributed by atoms with van der Waals surface area (Å²) in [4.78, 5) is 27.3. The van der Waals surface area contributed by atoms with Crippen molar-refractivity contribution >= 4 is 39.3 Å². The molecule has 0 aliphatic rings. The number of aromatic nitrogens is 1. The summed E-state index contributed by atoms with van der Waals surface area (Å²) in [5.41, 5.74) is 1.29. The van der Waals surface area contributed by atoms with Crippen molar-refractivity contribution in [3.8, 4) is 0 Å². The topological polar surface area (TPSA) is 67.3 Å². The lowest BCUT2D eigenvalue weighted by atomic mass is 10.1. The fraction of sp³-hybridized carbons (Fsp3) is 0.188. The number of Topliss-reactive ketones (excluding diaryl/α,β-unsaturated/α-hetero) is 1. The van der Waals surface area contributed by atoms with E-state index in [4.69, 9.17) is 0 Å². The Kier molecular flexibility index (Phi) is 6.06. The molecule has 0 fully saturated rings. The molecular weight excluding hydrogens is 332 g/mol. The molecule has 0 saturated carbocycles. The second kappa shape index (κ2) is 8.03. The molecule has 1 unspecified atom stereocenters. The fourth-order valence-electron chi connectivity index (χ4n) is 1.82. The van der Waals surface area contributed by atoms with E-state index in [1.54, 1.807) is 60.1 Å². The number of benzene rings is 1. The molecule has 0 amide bonds. The minimum atomic E-state index is -1.38. The summed E-state index contributed by atoms with van der Waals surface area (Å²) in [5.74, 6) is -0.000622. The first-order chi connectivity index (χ1) is 11.0. The van der Waals surface area contributed by atoms with Crippen LogP contribution in [-0.4, -0.2) is 32.9 Å². The molecule has 0 N–H and O–H groups in total. The van der Waals surface area contributed by atoms with Crippen LogP contribution in [-0.2, 0) is 15.8 Å². The number of hydrogen-bond acceptors (Lipinski definition) is 5. The molecule has 5 nitrogen and oxygen atoms in total. The number of hydrogen-bond donors (Lipinski definition) is 0. The Hall–Kier alpha value is -1.99. The van der Waals surface area contributed by atoms with Crippen LogP contribution in [0.25, 0.3) is 0 Å². The van der Waals surface area contributed by atoms with Gasteiger partial charge in [0.25, 0.3) is 0 Å². The van der Waals surface area contributed by atoms with Crippen LogP contribution in [0, 0.1) is 0 Å². The molecule has 2 aromatic rings. The summed E-state index contributed by atoms with van der Waals surface area (Å²) in [6.45, 7) is 1.43. The highest BCUT2D eigenvalue weighted by Crippen LogP contribution is 2.18. The van der Waals surface area contributed by atoms with E-state index >= 15 is 0 Å². The molecule has 1 aromatic heterocycles. The number of nitrogens with zero attached hydrogens (tertiary/aromatic N) is 2. The molecule has 120 valence electrons. The zero-order valence-electron chi connectivity index (χ0n) is 12.8. The molecule has 1 heterocycles. The van der Waals surface area contributed by atoms with Crippen molar-refractivity contribution in [1.82, 2.24) is 4.98 Å². The average Bonchev–Trinajstić information content (AvgIpc) is 2.59. The van der Waals surface area contributed by atoms with E-state index in [9.17, 15) is 13.8 Å². The van der Waals surface area contributed by atoms with Crippen LogP contribution in [0.5, 0.6) is 0 Å². The number of rotatable bonds is 6. The number of pyridine rings is 1. The Labute approximate surface area is 141 Å². The largest absolute Gasteiger partial charge is 0.293 e. The minimum Gasteiger partial charge on any atom is -0.293 e. The van der Waals surface area contributed by atoms with Gasteiger partial charge in [0, 0.05) is 31.9 Å². The number of ketones is 1. The number of anilines is 1. The normalized spacial score (nSPS) is 11.7. The smallest absolute Gasteiger partial charge is 0.186 e. The van der Waals surface area contributed by atoms with Gasteiger partial charge in [0.2, 0.25) is 0 Å². The quantitative estimate of drug-likeness (QED) is 0.751. The monoisotopic (exact) mass is 348 g/mol. The molecule has 7 heteroatoms. The number of carbonyl (C=O) groups is 2. The van der Waals surface area contributed by atoms with Crippen LogP contribution in [0.4, 0.5) is 5.69 Å². The van der Waals surface area contributed by atoms with Gasteiger partial charge >= 0.3 is 0 Å². The van der Waals surface area contributed by atoms with Gasteiger partial charge in [0.1, 0.15) is 0 Å². The van der Waals surface area contributed by atoms with Crippen LogP contribution in [0.15, 0.2) is 53.7 Å². The molecule has 0 bridgehead atoms. The Morgan fingerprint density at radius 3 is 2.30 bits per heavy atom. The van der Waals surface area contributed by atoms with Gasteiger partial charge in [0.05, 0.1) is 16.3 Å². The first kappa shape index (κ1) is 17.4. The Morgan fingerprint density at radius 2 is 1.74 bits per heavy atom. The third-order valence-electron chi connectivity index (χ3n) is 3.06. The summed E-state index contributed by atoms with van der Waals surface area (Å²) in [6, 6.07) is 10.1. The van der Waals surface area contributed by atoms with Crippen molar-refractivity contribution in [3.05, 3.63) is 54.4 Å². The Morgan fingerprint density at radius 1 is 1.13 bits per heavy atom. The molecule has 1 atom stereocenters. The van der Waals surface area contributed by atoms with Crippen molar-refractivity contribution in [2.24, 2.45) is 0 Å². The Bertz CT molecular complexity index is 718. The number of carbonyl (C=O) groups excluding carboxylic acids is 2. The zero-order valence-corrected chi connectivity index (χ0v) is 14.4. The van der Waals surface area contributed by atoms with E-state index in [1.807, 2.05) is 0 Å². The predicted molar refractivity (Wildman–Crippen MR) is 93.0 cm³/mol. The maximum atomic E-state index is 12.5. The summed E-state index contributed by atoms with van der Waals surface area (Å²) in [6.07, 6.45) is 3.27. The second-order valence-corrected chi connectivity index (χ2v) is 7.35. The van der Waals surface area contributed by atoms with Crippen molar-refractivity contribution in [3.63, 3.8) is 0 Å². The van der Waals surface area contributed by atoms with Crippen LogP contribution in [0.3, 0.4) is 0 Å². The van der Waals surface area contributed by atoms with Crippen molar-refractivity contribution in [1.29, 1.82) is 0 Å². The van der Waals surface area contributed by atoms with Gasteiger partial charge < -0.3 is 0 Å². The highest BCUT2D eigenvalue weighted by atomic mass is 32.2. The van der Waals surface area contributed by atoms with Gasteiger partial charge in [-0.1, -0.05) is 23.9 Å². The summed E-state index contributed by atoms with van der Waals surface area (Å²) >= 11 is 0.984. The maximum absolute atomic E-state index is 12.5. The van der Waals surface area contributed by atoms with Crippen molar-refractivity contribution < 1.29 is 13.8 Å². The van der Waals surface area contributed by atoms with Crippen molar-refractivity contribution in [2.75, 3.05) is 17.1 Å².